The van der Waals surface area contributed by atoms with Crippen molar-refractivity contribution in [1.82, 2.24) is 5.32 Å². The molecule has 0 fully saturated rings. The van der Waals surface area contributed by atoms with Crippen LogP contribution in [0.25, 0.3) is 0 Å². The van der Waals surface area contributed by atoms with Gasteiger partial charge in [-0.3, -0.25) is 0 Å². The van der Waals surface area contributed by atoms with Crippen LogP contribution in [0.2, 0.25) is 0 Å². The predicted octanol–water partition coefficient (Wildman–Crippen LogP) is 4.23. The predicted molar refractivity (Wildman–Crippen MR) is 85.9 cm³/mol. The minimum Gasteiger partial charge on any atom is -0.374 e. The molecule has 1 atom stereocenters. The average Bonchev–Trinajstić information content (AvgIpc) is 2.39. The molecule has 1 unspecified atom stereocenters. The van der Waals surface area contributed by atoms with Gasteiger partial charge in [0.25, 0.3) is 0 Å². The van der Waals surface area contributed by atoms with Crippen molar-refractivity contribution < 1.29 is 0 Å². The highest BCUT2D eigenvalue weighted by Gasteiger charge is 2.15. The lowest BCUT2D eigenvalue weighted by Crippen LogP contribution is -2.27. The highest BCUT2D eigenvalue weighted by molar-refractivity contribution is 5.54. The maximum absolute atomic E-state index is 3.66. The quantitative estimate of drug-likeness (QED) is 0.754. The van der Waals surface area contributed by atoms with Crippen molar-refractivity contribution in [3.8, 4) is 0 Å². The first-order valence-corrected chi connectivity index (χ1v) is 7.63. The Morgan fingerprint density at radius 1 is 1.16 bits per heavy atom. The summed E-state index contributed by atoms with van der Waals surface area (Å²) < 4.78 is 0. The molecular formula is C17H30N2. The third-order valence-electron chi connectivity index (χ3n) is 3.41. The van der Waals surface area contributed by atoms with E-state index < -0.39 is 0 Å². The van der Waals surface area contributed by atoms with Crippen LogP contribution in [0.1, 0.15) is 52.1 Å². The normalized spacial score (nSPS) is 12.7. The topological polar surface area (TPSA) is 15.3 Å². The highest BCUT2D eigenvalue weighted by atomic mass is 15.1. The van der Waals surface area contributed by atoms with E-state index in [0.29, 0.717) is 12.0 Å². The molecule has 0 saturated heterocycles. The fraction of sp³-hybridized carbons (Fsp3) is 0.647. The number of nitrogens with one attached hydrogen (secondary N) is 1. The van der Waals surface area contributed by atoms with E-state index >= 15 is 0 Å². The van der Waals surface area contributed by atoms with Crippen molar-refractivity contribution in [2.45, 2.75) is 46.6 Å². The van der Waals surface area contributed by atoms with Gasteiger partial charge in [-0.1, -0.05) is 45.9 Å². The standard InChI is InChI=1S/C17H30N2/c1-6-12-18-16(7-2)15-10-8-9-11-17(15)19(5)13-14(3)4/h8-11,14,16,18H,6-7,12-13H2,1-5H3. The molecule has 0 heterocycles. The number of benzene rings is 1. The van der Waals surface area contributed by atoms with E-state index in [1.54, 1.807) is 0 Å². The molecule has 0 aliphatic rings. The van der Waals surface area contributed by atoms with Crippen molar-refractivity contribution in [2.75, 3.05) is 25.0 Å². The van der Waals surface area contributed by atoms with Crippen molar-refractivity contribution in [3.05, 3.63) is 29.8 Å². The number of para-hydroxylation sites is 1. The molecule has 0 aromatic heterocycles. The molecule has 1 N–H and O–H groups in total. The molecule has 1 rings (SSSR count). The van der Waals surface area contributed by atoms with Gasteiger partial charge in [-0.25, -0.2) is 0 Å². The molecule has 1 aromatic carbocycles. The number of hydrogen-bond acceptors (Lipinski definition) is 2. The minimum atomic E-state index is 0.464. The van der Waals surface area contributed by atoms with Crippen LogP contribution in [0.4, 0.5) is 5.69 Å². The fourth-order valence-corrected chi connectivity index (χ4v) is 2.57. The molecule has 0 amide bonds. The zero-order valence-corrected chi connectivity index (χ0v) is 13.2. The van der Waals surface area contributed by atoms with Crippen molar-refractivity contribution >= 4 is 5.69 Å². The lowest BCUT2D eigenvalue weighted by Gasteiger charge is -2.28. The molecule has 0 spiro atoms. The minimum absolute atomic E-state index is 0.464. The Morgan fingerprint density at radius 3 is 2.42 bits per heavy atom. The Balaban J connectivity index is 2.92. The lowest BCUT2D eigenvalue weighted by atomic mass is 10.0. The number of anilines is 1. The van der Waals surface area contributed by atoms with Crippen molar-refractivity contribution in [1.29, 1.82) is 0 Å². The second kappa shape index (κ2) is 8.21. The van der Waals surface area contributed by atoms with Crippen molar-refractivity contribution in [3.63, 3.8) is 0 Å². The second-order valence-corrected chi connectivity index (χ2v) is 5.75. The van der Waals surface area contributed by atoms with E-state index in [2.05, 4.69) is 69.2 Å². The van der Waals surface area contributed by atoms with E-state index in [1.165, 1.54) is 17.7 Å². The van der Waals surface area contributed by atoms with E-state index in [9.17, 15) is 0 Å². The number of nitrogens with zero attached hydrogens (tertiary/aromatic N) is 1. The summed E-state index contributed by atoms with van der Waals surface area (Å²) in [5.74, 6) is 0.682. The smallest absolute Gasteiger partial charge is 0.0412 e. The molecule has 0 saturated carbocycles. The van der Waals surface area contributed by atoms with Gasteiger partial charge in [0.05, 0.1) is 0 Å². The summed E-state index contributed by atoms with van der Waals surface area (Å²) in [5, 5.41) is 3.66. The summed E-state index contributed by atoms with van der Waals surface area (Å²) in [4.78, 5) is 2.39. The molecular weight excluding hydrogens is 232 g/mol. The summed E-state index contributed by atoms with van der Waals surface area (Å²) in [6, 6.07) is 9.27. The zero-order valence-electron chi connectivity index (χ0n) is 13.2. The van der Waals surface area contributed by atoms with Gasteiger partial charge in [-0.05, 0) is 36.9 Å². The molecule has 0 aliphatic heterocycles. The van der Waals surface area contributed by atoms with Crippen LogP contribution < -0.4 is 10.2 Å². The first-order valence-electron chi connectivity index (χ1n) is 7.63. The largest absolute Gasteiger partial charge is 0.374 e. The number of rotatable bonds is 8. The first kappa shape index (κ1) is 16.0. The summed E-state index contributed by atoms with van der Waals surface area (Å²) >= 11 is 0. The van der Waals surface area contributed by atoms with Gasteiger partial charge in [0.15, 0.2) is 0 Å². The second-order valence-electron chi connectivity index (χ2n) is 5.75. The lowest BCUT2D eigenvalue weighted by molar-refractivity contribution is 0.517. The monoisotopic (exact) mass is 262 g/mol. The van der Waals surface area contributed by atoms with Gasteiger partial charge in [0.1, 0.15) is 0 Å². The Bertz CT molecular complexity index is 360. The van der Waals surface area contributed by atoms with Gasteiger partial charge in [-0.15, -0.1) is 0 Å². The van der Waals surface area contributed by atoms with Gasteiger partial charge >= 0.3 is 0 Å². The summed E-state index contributed by atoms with van der Waals surface area (Å²) in [7, 11) is 2.20. The van der Waals surface area contributed by atoms with Gasteiger partial charge in [-0.2, -0.15) is 0 Å². The molecule has 108 valence electrons. The van der Waals surface area contributed by atoms with E-state index in [1.807, 2.05) is 0 Å². The van der Waals surface area contributed by atoms with Crippen LogP contribution in [-0.2, 0) is 0 Å². The Hall–Kier alpha value is -1.02. The molecule has 2 heteroatoms. The SMILES string of the molecule is CCCNC(CC)c1ccccc1N(C)CC(C)C. The van der Waals surface area contributed by atoms with Crippen molar-refractivity contribution in [2.24, 2.45) is 5.92 Å². The van der Waals surface area contributed by atoms with Crippen LogP contribution in [-0.4, -0.2) is 20.1 Å². The van der Waals surface area contributed by atoms with E-state index in [0.717, 1.165) is 19.5 Å². The Morgan fingerprint density at radius 2 is 1.84 bits per heavy atom. The molecule has 1 aromatic rings. The molecule has 2 nitrogen and oxygen atoms in total. The van der Waals surface area contributed by atoms with Gasteiger partial charge < -0.3 is 10.2 Å². The summed E-state index contributed by atoms with van der Waals surface area (Å²) in [6.07, 6.45) is 2.31. The maximum atomic E-state index is 3.66. The summed E-state index contributed by atoms with van der Waals surface area (Å²) in [6.45, 7) is 11.2. The maximum Gasteiger partial charge on any atom is 0.0412 e. The third-order valence-corrected chi connectivity index (χ3v) is 3.41. The third kappa shape index (κ3) is 4.87. The summed E-state index contributed by atoms with van der Waals surface area (Å²) in [5.41, 5.74) is 2.80. The average molecular weight is 262 g/mol. The first-order chi connectivity index (χ1) is 9.10. The van der Waals surface area contributed by atoms with Crippen LogP contribution >= 0.6 is 0 Å². The van der Waals surface area contributed by atoms with Crippen LogP contribution in [0.15, 0.2) is 24.3 Å². The van der Waals surface area contributed by atoms with Crippen LogP contribution in [0, 0.1) is 5.92 Å². The molecule has 0 bridgehead atoms. The van der Waals surface area contributed by atoms with Gasteiger partial charge in [0, 0.05) is 25.3 Å². The highest BCUT2D eigenvalue weighted by Crippen LogP contribution is 2.28. The van der Waals surface area contributed by atoms with E-state index in [4.69, 9.17) is 0 Å². The van der Waals surface area contributed by atoms with E-state index in [-0.39, 0.29) is 0 Å². The molecule has 0 aliphatic carbocycles. The van der Waals surface area contributed by atoms with Crippen LogP contribution in [0.5, 0.6) is 0 Å². The van der Waals surface area contributed by atoms with Gasteiger partial charge in [0.2, 0.25) is 0 Å². The molecule has 19 heavy (non-hydrogen) atoms. The Kier molecular flexibility index (Phi) is 6.93. The zero-order chi connectivity index (χ0) is 14.3. The fourth-order valence-electron chi connectivity index (χ4n) is 2.57. The molecule has 0 radical (unpaired) electrons. The number of hydrogen-bond donors (Lipinski definition) is 1. The van der Waals surface area contributed by atoms with Crippen LogP contribution in [0.3, 0.4) is 0 Å². The Labute approximate surface area is 119 Å².